The van der Waals surface area contributed by atoms with Crippen LogP contribution in [-0.2, 0) is 0 Å². The number of anilines is 1. The Hall–Kier alpha value is -2.61. The number of ether oxygens (including phenoxy) is 1. The van der Waals surface area contributed by atoms with Gasteiger partial charge < -0.3 is 20.3 Å². The van der Waals surface area contributed by atoms with Gasteiger partial charge in [-0.15, -0.1) is 0 Å². The third-order valence-corrected chi connectivity index (χ3v) is 3.62. The molecule has 1 heterocycles. The fraction of sp³-hybridized carbons (Fsp3) is 0.154. The van der Waals surface area contributed by atoms with Crippen molar-refractivity contribution >= 4 is 28.4 Å². The first kappa shape index (κ1) is 14.8. The molecule has 7 nitrogen and oxygen atoms in total. The number of methoxy groups -OCH3 is 1. The third kappa shape index (κ3) is 2.79. The molecule has 8 heteroatoms. The average Bonchev–Trinajstić information content (AvgIpc) is 2.79. The molecule has 1 aromatic carbocycles. The van der Waals surface area contributed by atoms with Crippen LogP contribution < -0.4 is 10.1 Å². The zero-order valence-corrected chi connectivity index (χ0v) is 12.0. The number of aromatic hydroxyl groups is 1. The highest BCUT2D eigenvalue weighted by Gasteiger charge is 2.21. The van der Waals surface area contributed by atoms with Crippen molar-refractivity contribution in [1.82, 2.24) is 4.37 Å². The van der Waals surface area contributed by atoms with Crippen LogP contribution in [0.2, 0.25) is 0 Å². The second kappa shape index (κ2) is 5.80. The smallest absolute Gasteiger partial charge is 0.340 e. The Morgan fingerprint density at radius 1 is 1.38 bits per heavy atom. The molecule has 0 saturated carbocycles. The second-order valence-corrected chi connectivity index (χ2v) is 4.86. The Bertz CT molecular complexity index is 711. The predicted molar refractivity (Wildman–Crippen MR) is 76.4 cm³/mol. The Kier molecular flexibility index (Phi) is 4.08. The molecule has 0 unspecified atom stereocenters. The molecule has 1 amide bonds. The normalized spacial score (nSPS) is 10.2. The number of carbonyl (C=O) groups is 2. The lowest BCUT2D eigenvalue weighted by molar-refractivity contribution is 0.0697. The van der Waals surface area contributed by atoms with Crippen molar-refractivity contribution in [3.8, 4) is 11.5 Å². The van der Waals surface area contributed by atoms with Gasteiger partial charge in [0.1, 0.15) is 10.6 Å². The van der Waals surface area contributed by atoms with Gasteiger partial charge in [0.2, 0.25) is 0 Å². The first-order valence-electron chi connectivity index (χ1n) is 5.82. The van der Waals surface area contributed by atoms with Gasteiger partial charge in [0.25, 0.3) is 5.91 Å². The highest BCUT2D eigenvalue weighted by atomic mass is 32.1. The summed E-state index contributed by atoms with van der Waals surface area (Å²) in [4.78, 5) is 23.3. The summed E-state index contributed by atoms with van der Waals surface area (Å²) in [7, 11) is 1.37. The predicted octanol–water partition coefficient (Wildman–Crippen LogP) is 2.12. The van der Waals surface area contributed by atoms with Crippen LogP contribution in [0.1, 0.15) is 26.4 Å². The highest BCUT2D eigenvalue weighted by Crippen LogP contribution is 2.31. The standard InChI is InChI=1S/C13H12N2O5S/c1-6-9(13(18)19)12(21-15-6)14-11(17)7-4-3-5-8(20-2)10(7)16/h3-5,16H,1-2H3,(H,14,17)(H,18,19). The molecule has 21 heavy (non-hydrogen) atoms. The number of nitrogens with zero attached hydrogens (tertiary/aromatic N) is 1. The molecular weight excluding hydrogens is 296 g/mol. The van der Waals surface area contributed by atoms with E-state index < -0.39 is 11.9 Å². The van der Waals surface area contributed by atoms with Crippen LogP contribution in [-0.4, -0.2) is 33.6 Å². The van der Waals surface area contributed by atoms with E-state index in [0.29, 0.717) is 5.69 Å². The number of amides is 1. The molecule has 0 aliphatic carbocycles. The number of aromatic nitrogens is 1. The van der Waals surface area contributed by atoms with E-state index in [1.165, 1.54) is 19.2 Å². The maximum absolute atomic E-state index is 12.1. The number of benzene rings is 1. The number of para-hydroxylation sites is 1. The lowest BCUT2D eigenvalue weighted by Gasteiger charge is -2.08. The van der Waals surface area contributed by atoms with E-state index in [2.05, 4.69) is 9.69 Å². The molecule has 0 fully saturated rings. The summed E-state index contributed by atoms with van der Waals surface area (Å²) < 4.78 is 8.82. The molecular formula is C13H12N2O5S. The monoisotopic (exact) mass is 308 g/mol. The molecule has 3 N–H and O–H groups in total. The van der Waals surface area contributed by atoms with Crippen LogP contribution in [0.25, 0.3) is 0 Å². The number of hydrogen-bond donors (Lipinski definition) is 3. The highest BCUT2D eigenvalue weighted by molar-refractivity contribution is 7.11. The number of carboxylic acids is 1. The van der Waals surface area contributed by atoms with Crippen molar-refractivity contribution in [3.05, 3.63) is 35.0 Å². The van der Waals surface area contributed by atoms with Crippen molar-refractivity contribution < 1.29 is 24.5 Å². The van der Waals surface area contributed by atoms with Gasteiger partial charge in [0.05, 0.1) is 18.4 Å². The van der Waals surface area contributed by atoms with Crippen LogP contribution in [0, 0.1) is 6.92 Å². The second-order valence-electron chi connectivity index (χ2n) is 4.09. The van der Waals surface area contributed by atoms with Crippen LogP contribution in [0.3, 0.4) is 0 Å². The molecule has 0 radical (unpaired) electrons. The van der Waals surface area contributed by atoms with E-state index >= 15 is 0 Å². The topological polar surface area (TPSA) is 109 Å². The number of hydrogen-bond acceptors (Lipinski definition) is 6. The Balaban J connectivity index is 2.33. The number of phenolic OH excluding ortho intramolecular Hbond substituents is 1. The number of carboxylic acid groups (broad SMARTS) is 1. The van der Waals surface area contributed by atoms with Crippen LogP contribution in [0.4, 0.5) is 5.00 Å². The third-order valence-electron chi connectivity index (χ3n) is 2.77. The van der Waals surface area contributed by atoms with Gasteiger partial charge in [0, 0.05) is 0 Å². The molecule has 0 atom stereocenters. The number of aromatic carboxylic acids is 1. The minimum absolute atomic E-state index is 0.0169. The van der Waals surface area contributed by atoms with Crippen LogP contribution in [0.15, 0.2) is 18.2 Å². The van der Waals surface area contributed by atoms with Gasteiger partial charge in [-0.2, -0.15) is 4.37 Å². The van der Waals surface area contributed by atoms with Crippen molar-refractivity contribution in [1.29, 1.82) is 0 Å². The summed E-state index contributed by atoms with van der Waals surface area (Å²) in [5.74, 6) is -1.97. The minimum Gasteiger partial charge on any atom is -0.504 e. The van der Waals surface area contributed by atoms with Crippen LogP contribution >= 0.6 is 11.5 Å². The van der Waals surface area contributed by atoms with Crippen molar-refractivity contribution in [2.24, 2.45) is 0 Å². The number of aryl methyl sites for hydroxylation is 1. The average molecular weight is 308 g/mol. The molecule has 0 bridgehead atoms. The number of nitrogens with one attached hydrogen (secondary N) is 1. The van der Waals surface area contributed by atoms with E-state index in [4.69, 9.17) is 9.84 Å². The summed E-state index contributed by atoms with van der Waals surface area (Å²) in [5.41, 5.74) is 0.241. The fourth-order valence-electron chi connectivity index (χ4n) is 1.75. The molecule has 0 saturated heterocycles. The van der Waals surface area contributed by atoms with E-state index in [0.717, 1.165) is 11.5 Å². The number of rotatable bonds is 4. The molecule has 2 rings (SSSR count). The van der Waals surface area contributed by atoms with Gasteiger partial charge in [-0.05, 0) is 30.6 Å². The summed E-state index contributed by atoms with van der Waals surface area (Å²) in [6.07, 6.45) is 0. The van der Waals surface area contributed by atoms with Crippen molar-refractivity contribution in [2.45, 2.75) is 6.92 Å². The molecule has 0 aliphatic heterocycles. The molecule has 1 aromatic heterocycles. The summed E-state index contributed by atoms with van der Waals surface area (Å²) in [6.45, 7) is 1.54. The summed E-state index contributed by atoms with van der Waals surface area (Å²) >= 11 is 0.868. The maximum atomic E-state index is 12.1. The fourth-order valence-corrected chi connectivity index (χ4v) is 2.53. The minimum atomic E-state index is -1.17. The van der Waals surface area contributed by atoms with Gasteiger partial charge in [-0.1, -0.05) is 6.07 Å². The van der Waals surface area contributed by atoms with Crippen LogP contribution in [0.5, 0.6) is 11.5 Å². The molecule has 2 aromatic rings. The Morgan fingerprint density at radius 2 is 2.10 bits per heavy atom. The molecule has 0 aliphatic rings. The number of phenols is 1. The zero-order valence-electron chi connectivity index (χ0n) is 11.2. The first-order chi connectivity index (χ1) is 9.95. The van der Waals surface area contributed by atoms with Gasteiger partial charge in [0.15, 0.2) is 11.5 Å². The summed E-state index contributed by atoms with van der Waals surface area (Å²) in [6, 6.07) is 4.46. The van der Waals surface area contributed by atoms with Crippen molar-refractivity contribution in [3.63, 3.8) is 0 Å². The Labute approximate surface area is 124 Å². The maximum Gasteiger partial charge on any atom is 0.340 e. The number of carbonyl (C=O) groups excluding carboxylic acids is 1. The van der Waals surface area contributed by atoms with Gasteiger partial charge >= 0.3 is 5.97 Å². The van der Waals surface area contributed by atoms with Gasteiger partial charge in [-0.3, -0.25) is 4.79 Å². The lowest BCUT2D eigenvalue weighted by Crippen LogP contribution is -2.14. The molecule has 0 spiro atoms. The van der Waals surface area contributed by atoms with Crippen molar-refractivity contribution in [2.75, 3.05) is 12.4 Å². The van der Waals surface area contributed by atoms with E-state index in [1.807, 2.05) is 0 Å². The van der Waals surface area contributed by atoms with E-state index in [1.54, 1.807) is 13.0 Å². The zero-order chi connectivity index (χ0) is 15.6. The van der Waals surface area contributed by atoms with E-state index in [9.17, 15) is 14.7 Å². The molecule has 110 valence electrons. The Morgan fingerprint density at radius 3 is 2.71 bits per heavy atom. The lowest BCUT2D eigenvalue weighted by atomic mass is 10.1. The summed E-state index contributed by atoms with van der Waals surface area (Å²) in [5, 5.41) is 21.6. The van der Waals surface area contributed by atoms with Gasteiger partial charge in [-0.25, -0.2) is 4.79 Å². The quantitative estimate of drug-likeness (QED) is 0.798. The SMILES string of the molecule is COc1cccc(C(=O)Nc2snc(C)c2C(=O)O)c1O. The van der Waals surface area contributed by atoms with E-state index in [-0.39, 0.29) is 27.6 Å². The first-order valence-corrected chi connectivity index (χ1v) is 6.60. The largest absolute Gasteiger partial charge is 0.504 e.